The molecule has 0 saturated carbocycles. The molecule has 0 radical (unpaired) electrons. The fourth-order valence-electron chi connectivity index (χ4n) is 3.98. The molecular formula is C20H17F3N2O2. The van der Waals surface area contributed by atoms with Gasteiger partial charge in [0.15, 0.2) is 0 Å². The Morgan fingerprint density at radius 2 is 1.67 bits per heavy atom. The molecule has 140 valence electrons. The summed E-state index contributed by atoms with van der Waals surface area (Å²) in [6.45, 7) is 2.31. The number of hydrogen-bond acceptors (Lipinski definition) is 3. The Bertz CT molecular complexity index is 937. The van der Waals surface area contributed by atoms with Crippen LogP contribution in [0.25, 0.3) is 0 Å². The van der Waals surface area contributed by atoms with Crippen molar-refractivity contribution in [2.45, 2.75) is 19.0 Å². The Morgan fingerprint density at radius 3 is 2.30 bits per heavy atom. The predicted molar refractivity (Wildman–Crippen MR) is 94.6 cm³/mol. The molecule has 0 aliphatic carbocycles. The molecule has 0 spiro atoms. The quantitative estimate of drug-likeness (QED) is 0.714. The fourth-order valence-corrected chi connectivity index (χ4v) is 3.98. The lowest BCUT2D eigenvalue weighted by molar-refractivity contribution is -0.137. The molecule has 0 N–H and O–H groups in total. The van der Waals surface area contributed by atoms with Gasteiger partial charge in [0.2, 0.25) is 11.8 Å². The molecule has 1 fully saturated rings. The molecule has 2 heterocycles. The second-order valence-corrected chi connectivity index (χ2v) is 7.08. The number of alkyl halides is 3. The fraction of sp³-hybridized carbons (Fsp3) is 0.300. The summed E-state index contributed by atoms with van der Waals surface area (Å²) < 4.78 is 38.4. The SMILES string of the molecule is Cc1ccc2c(c1)[C@H]1C(=O)N(c3ccc(C(F)(F)F)cc3)C(=O)[C@H]1CN2C. The number of halogens is 3. The average Bonchev–Trinajstić information content (AvgIpc) is 2.85. The lowest BCUT2D eigenvalue weighted by Crippen LogP contribution is -2.37. The van der Waals surface area contributed by atoms with Crippen LogP contribution in [0.15, 0.2) is 42.5 Å². The lowest BCUT2D eigenvalue weighted by Gasteiger charge is -2.33. The van der Waals surface area contributed by atoms with Crippen molar-refractivity contribution in [2.24, 2.45) is 5.92 Å². The Labute approximate surface area is 154 Å². The number of amides is 2. The van der Waals surface area contributed by atoms with Crippen molar-refractivity contribution in [2.75, 3.05) is 23.4 Å². The number of imide groups is 1. The average molecular weight is 374 g/mol. The van der Waals surface area contributed by atoms with Crippen LogP contribution in [-0.2, 0) is 15.8 Å². The molecule has 2 atom stereocenters. The normalized spacial score (nSPS) is 22.1. The van der Waals surface area contributed by atoms with Gasteiger partial charge in [0.1, 0.15) is 0 Å². The minimum Gasteiger partial charge on any atom is -0.374 e. The van der Waals surface area contributed by atoms with Crippen molar-refractivity contribution in [3.05, 3.63) is 59.2 Å². The van der Waals surface area contributed by atoms with Crippen molar-refractivity contribution in [1.82, 2.24) is 0 Å². The van der Waals surface area contributed by atoms with Crippen molar-refractivity contribution < 1.29 is 22.8 Å². The van der Waals surface area contributed by atoms with E-state index in [4.69, 9.17) is 0 Å². The Hall–Kier alpha value is -2.83. The summed E-state index contributed by atoms with van der Waals surface area (Å²) in [4.78, 5) is 29.0. The van der Waals surface area contributed by atoms with Crippen LogP contribution in [0.3, 0.4) is 0 Å². The first kappa shape index (κ1) is 17.6. The molecule has 1 saturated heterocycles. The highest BCUT2D eigenvalue weighted by Crippen LogP contribution is 2.45. The molecule has 0 aromatic heterocycles. The van der Waals surface area contributed by atoms with Gasteiger partial charge in [-0.1, -0.05) is 17.7 Å². The number of carbonyl (C=O) groups is 2. The van der Waals surface area contributed by atoms with E-state index in [0.29, 0.717) is 6.54 Å². The smallest absolute Gasteiger partial charge is 0.374 e. The van der Waals surface area contributed by atoms with Crippen LogP contribution in [0.2, 0.25) is 0 Å². The third-order valence-electron chi connectivity index (χ3n) is 5.28. The number of aryl methyl sites for hydroxylation is 1. The minimum absolute atomic E-state index is 0.171. The minimum atomic E-state index is -4.47. The summed E-state index contributed by atoms with van der Waals surface area (Å²) in [5, 5.41) is 0. The number of anilines is 2. The zero-order valence-electron chi connectivity index (χ0n) is 14.7. The van der Waals surface area contributed by atoms with Gasteiger partial charge in [-0.15, -0.1) is 0 Å². The summed E-state index contributed by atoms with van der Waals surface area (Å²) >= 11 is 0. The van der Waals surface area contributed by atoms with Crippen LogP contribution in [-0.4, -0.2) is 25.4 Å². The van der Waals surface area contributed by atoms with Gasteiger partial charge in [0.25, 0.3) is 0 Å². The van der Waals surface area contributed by atoms with Crippen LogP contribution in [0, 0.1) is 12.8 Å². The molecule has 2 aromatic carbocycles. The largest absolute Gasteiger partial charge is 0.416 e. The summed E-state index contributed by atoms with van der Waals surface area (Å²) in [6, 6.07) is 9.92. The van der Waals surface area contributed by atoms with Crippen LogP contribution in [0.1, 0.15) is 22.6 Å². The van der Waals surface area contributed by atoms with Gasteiger partial charge in [-0.3, -0.25) is 9.59 Å². The van der Waals surface area contributed by atoms with Crippen molar-refractivity contribution in [3.8, 4) is 0 Å². The van der Waals surface area contributed by atoms with Gasteiger partial charge in [0, 0.05) is 19.3 Å². The second-order valence-electron chi connectivity index (χ2n) is 7.08. The standard InChI is InChI=1S/C20H17F3N2O2/c1-11-3-8-16-14(9-11)17-15(10-24(16)2)18(26)25(19(17)27)13-6-4-12(5-7-13)20(21,22)23/h3-9,15,17H,10H2,1-2H3/t15-,17+/m0/s1. The first-order chi connectivity index (χ1) is 12.7. The number of carbonyl (C=O) groups excluding carboxylic acids is 2. The zero-order valence-corrected chi connectivity index (χ0v) is 14.7. The van der Waals surface area contributed by atoms with Crippen molar-refractivity contribution in [3.63, 3.8) is 0 Å². The van der Waals surface area contributed by atoms with Crippen LogP contribution in [0.4, 0.5) is 24.5 Å². The lowest BCUT2D eigenvalue weighted by atomic mass is 9.82. The highest BCUT2D eigenvalue weighted by atomic mass is 19.4. The van der Waals surface area contributed by atoms with Gasteiger partial charge < -0.3 is 4.90 Å². The Kier molecular flexibility index (Phi) is 3.80. The van der Waals surface area contributed by atoms with Gasteiger partial charge >= 0.3 is 6.18 Å². The number of fused-ring (bicyclic) bond motifs is 3. The number of rotatable bonds is 1. The van der Waals surface area contributed by atoms with Gasteiger partial charge in [-0.2, -0.15) is 13.2 Å². The topological polar surface area (TPSA) is 40.6 Å². The molecule has 4 rings (SSSR count). The van der Waals surface area contributed by atoms with E-state index in [2.05, 4.69) is 0 Å². The van der Waals surface area contributed by atoms with Crippen molar-refractivity contribution in [1.29, 1.82) is 0 Å². The highest BCUT2D eigenvalue weighted by molar-refractivity contribution is 6.24. The van der Waals surface area contributed by atoms with E-state index < -0.39 is 23.6 Å². The molecule has 27 heavy (non-hydrogen) atoms. The third-order valence-corrected chi connectivity index (χ3v) is 5.28. The number of hydrogen-bond donors (Lipinski definition) is 0. The molecule has 0 bridgehead atoms. The third kappa shape index (κ3) is 2.69. The van der Waals surface area contributed by atoms with E-state index in [1.54, 1.807) is 0 Å². The maximum atomic E-state index is 13.1. The van der Waals surface area contributed by atoms with Gasteiger partial charge in [-0.05, 0) is 42.8 Å². The summed E-state index contributed by atoms with van der Waals surface area (Å²) in [5.41, 5.74) is 2.03. The zero-order chi connectivity index (χ0) is 19.5. The van der Waals surface area contributed by atoms with E-state index in [1.165, 1.54) is 12.1 Å². The Balaban J connectivity index is 1.75. The summed E-state index contributed by atoms with van der Waals surface area (Å²) in [6.07, 6.45) is -4.47. The predicted octanol–water partition coefficient (Wildman–Crippen LogP) is 3.74. The van der Waals surface area contributed by atoms with Gasteiger partial charge in [0.05, 0.1) is 23.1 Å². The van der Waals surface area contributed by atoms with E-state index in [9.17, 15) is 22.8 Å². The summed E-state index contributed by atoms with van der Waals surface area (Å²) in [7, 11) is 1.86. The Morgan fingerprint density at radius 1 is 1.00 bits per heavy atom. The van der Waals surface area contributed by atoms with Crippen molar-refractivity contribution >= 4 is 23.2 Å². The van der Waals surface area contributed by atoms with E-state index in [-0.39, 0.29) is 17.5 Å². The van der Waals surface area contributed by atoms with Gasteiger partial charge in [-0.25, -0.2) is 4.90 Å². The molecule has 2 aromatic rings. The molecule has 4 nitrogen and oxygen atoms in total. The number of benzene rings is 2. The van der Waals surface area contributed by atoms with E-state index >= 15 is 0 Å². The van der Waals surface area contributed by atoms with E-state index in [0.717, 1.165) is 33.8 Å². The van der Waals surface area contributed by atoms with Crippen LogP contribution < -0.4 is 9.80 Å². The maximum absolute atomic E-state index is 13.1. The molecule has 7 heteroatoms. The molecule has 0 unspecified atom stereocenters. The monoisotopic (exact) mass is 374 g/mol. The molecular weight excluding hydrogens is 357 g/mol. The van der Waals surface area contributed by atoms with E-state index in [1.807, 2.05) is 37.1 Å². The van der Waals surface area contributed by atoms with Crippen LogP contribution in [0.5, 0.6) is 0 Å². The number of nitrogens with zero attached hydrogens (tertiary/aromatic N) is 2. The first-order valence-corrected chi connectivity index (χ1v) is 8.55. The molecule has 2 aliphatic rings. The maximum Gasteiger partial charge on any atom is 0.416 e. The highest BCUT2D eigenvalue weighted by Gasteiger charge is 2.52. The molecule has 2 amide bonds. The second kappa shape index (κ2) is 5.84. The summed E-state index contributed by atoms with van der Waals surface area (Å²) in [5.74, 6) is -1.90. The first-order valence-electron chi connectivity index (χ1n) is 8.55. The molecule has 2 aliphatic heterocycles. The van der Waals surface area contributed by atoms with Crippen LogP contribution >= 0.6 is 0 Å².